The second kappa shape index (κ2) is 5.29. The van der Waals surface area contributed by atoms with Gasteiger partial charge in [-0.1, -0.05) is 13.8 Å². The maximum Gasteiger partial charge on any atom is 0.322 e. The van der Waals surface area contributed by atoms with Gasteiger partial charge in [0.2, 0.25) is 5.91 Å². The highest BCUT2D eigenvalue weighted by Crippen LogP contribution is 2.18. The number of rotatable bonds is 5. The van der Waals surface area contributed by atoms with Crippen molar-refractivity contribution in [1.82, 2.24) is 5.32 Å². The van der Waals surface area contributed by atoms with Crippen molar-refractivity contribution in [3.63, 3.8) is 0 Å². The fraction of sp³-hybridized carbons (Fsp3) is 0.778. The first-order valence-corrected chi connectivity index (χ1v) is 6.44. The molecule has 0 aliphatic carbocycles. The number of aliphatic carboxylic acids is 1. The summed E-state index contributed by atoms with van der Waals surface area (Å²) < 4.78 is 23.7. The second-order valence-corrected chi connectivity index (χ2v) is 6.24. The molecule has 0 heterocycles. The molecular weight excluding hydrogens is 234 g/mol. The molecule has 0 aromatic rings. The van der Waals surface area contributed by atoms with Gasteiger partial charge in [-0.3, -0.25) is 9.59 Å². The average Bonchev–Trinajstić information content (AvgIpc) is 2.13. The van der Waals surface area contributed by atoms with Crippen LogP contribution in [-0.2, 0) is 19.4 Å². The third-order valence-corrected chi connectivity index (χ3v) is 4.96. The molecule has 0 fully saturated rings. The summed E-state index contributed by atoms with van der Waals surface area (Å²) in [6.07, 6.45) is 0. The molecule has 2 atom stereocenters. The number of carboxylic acids is 1. The topological polar surface area (TPSA) is 101 Å². The fourth-order valence-corrected chi connectivity index (χ4v) is 3.27. The molecule has 0 spiro atoms. The molecule has 2 N–H and O–H groups in total. The van der Waals surface area contributed by atoms with E-state index in [1.54, 1.807) is 0 Å². The lowest BCUT2D eigenvalue weighted by atomic mass is 10.1. The van der Waals surface area contributed by atoms with Gasteiger partial charge in [0, 0.05) is 7.05 Å². The second-order valence-electron chi connectivity index (χ2n) is 3.85. The van der Waals surface area contributed by atoms with Crippen LogP contribution in [0.4, 0.5) is 0 Å². The molecule has 0 saturated carbocycles. The van der Waals surface area contributed by atoms with Gasteiger partial charge in [0.25, 0.3) is 0 Å². The van der Waals surface area contributed by atoms with E-state index >= 15 is 0 Å². The Morgan fingerprint density at radius 2 is 1.62 bits per heavy atom. The summed E-state index contributed by atoms with van der Waals surface area (Å²) >= 11 is 0. The Bertz CT molecular complexity index is 373. The van der Waals surface area contributed by atoms with Crippen LogP contribution in [0, 0.1) is 5.92 Å². The highest BCUT2D eigenvalue weighted by atomic mass is 32.2. The van der Waals surface area contributed by atoms with Crippen LogP contribution < -0.4 is 5.32 Å². The van der Waals surface area contributed by atoms with E-state index in [-0.39, 0.29) is 0 Å². The van der Waals surface area contributed by atoms with Crippen molar-refractivity contribution in [2.24, 2.45) is 5.92 Å². The van der Waals surface area contributed by atoms with E-state index in [1.807, 2.05) is 0 Å². The number of carbonyl (C=O) groups excluding carboxylic acids is 1. The number of nitrogens with one attached hydrogen (secondary N) is 1. The van der Waals surface area contributed by atoms with E-state index in [9.17, 15) is 18.0 Å². The molecule has 0 rings (SSSR count). The van der Waals surface area contributed by atoms with Gasteiger partial charge >= 0.3 is 5.97 Å². The van der Waals surface area contributed by atoms with E-state index in [0.29, 0.717) is 0 Å². The van der Waals surface area contributed by atoms with E-state index < -0.39 is 38.1 Å². The molecule has 7 heteroatoms. The summed E-state index contributed by atoms with van der Waals surface area (Å²) in [5, 5.41) is 8.15. The number of amides is 1. The molecule has 0 aromatic carbocycles. The van der Waals surface area contributed by atoms with Crippen LogP contribution in [0.1, 0.15) is 20.8 Å². The molecule has 0 saturated heterocycles. The Morgan fingerprint density at radius 1 is 1.19 bits per heavy atom. The zero-order valence-electron chi connectivity index (χ0n) is 9.72. The van der Waals surface area contributed by atoms with Crippen molar-refractivity contribution in [3.8, 4) is 0 Å². The van der Waals surface area contributed by atoms with Crippen molar-refractivity contribution in [2.75, 3.05) is 7.05 Å². The molecule has 2 unspecified atom stereocenters. The summed E-state index contributed by atoms with van der Waals surface area (Å²) in [7, 11) is -2.72. The molecular formula is C9H17NO5S. The number of carbonyl (C=O) groups is 2. The predicted octanol–water partition coefficient (Wildman–Crippen LogP) is -0.355. The van der Waals surface area contributed by atoms with Gasteiger partial charge in [-0.15, -0.1) is 0 Å². The third kappa shape index (κ3) is 2.94. The highest BCUT2D eigenvalue weighted by molar-refractivity contribution is 7.94. The first-order valence-electron chi connectivity index (χ1n) is 4.83. The molecule has 16 heavy (non-hydrogen) atoms. The Hall–Kier alpha value is -1.11. The van der Waals surface area contributed by atoms with Crippen molar-refractivity contribution in [2.45, 2.75) is 31.3 Å². The molecule has 0 aliphatic heterocycles. The lowest BCUT2D eigenvalue weighted by molar-refractivity contribution is -0.137. The maximum atomic E-state index is 11.9. The summed E-state index contributed by atoms with van der Waals surface area (Å²) in [5.41, 5.74) is 0. The van der Waals surface area contributed by atoms with Crippen LogP contribution in [0.25, 0.3) is 0 Å². The van der Waals surface area contributed by atoms with Crippen LogP contribution in [0.5, 0.6) is 0 Å². The summed E-state index contributed by atoms with van der Waals surface area (Å²) in [4.78, 5) is 22.1. The van der Waals surface area contributed by atoms with Gasteiger partial charge in [0.1, 0.15) is 5.25 Å². The molecule has 94 valence electrons. The zero-order valence-corrected chi connectivity index (χ0v) is 10.5. The van der Waals surface area contributed by atoms with E-state index in [4.69, 9.17) is 5.11 Å². The minimum absolute atomic E-state index is 0.588. The number of hydrogen-bond acceptors (Lipinski definition) is 4. The standard InChI is InChI=1S/C9H17NO5S/c1-5(2)7(9(12)13)16(14,15)6(3)8(11)10-4/h5-7H,1-4H3,(H,10,11)(H,12,13). The SMILES string of the molecule is CNC(=O)C(C)S(=O)(=O)C(C(=O)O)C(C)C. The first kappa shape index (κ1) is 14.9. The van der Waals surface area contributed by atoms with Crippen molar-refractivity contribution in [1.29, 1.82) is 0 Å². The van der Waals surface area contributed by atoms with Crippen LogP contribution in [-0.4, -0.2) is 42.9 Å². The normalized spacial score (nSPS) is 15.6. The number of hydrogen-bond donors (Lipinski definition) is 2. The molecule has 0 bridgehead atoms. The number of carboxylic acid groups (broad SMARTS) is 1. The van der Waals surface area contributed by atoms with Gasteiger partial charge in [0.05, 0.1) is 0 Å². The molecule has 6 nitrogen and oxygen atoms in total. The van der Waals surface area contributed by atoms with Crippen molar-refractivity contribution in [3.05, 3.63) is 0 Å². The fourth-order valence-electron chi connectivity index (χ4n) is 1.38. The van der Waals surface area contributed by atoms with Crippen LogP contribution in [0.3, 0.4) is 0 Å². The minimum atomic E-state index is -4.02. The van der Waals surface area contributed by atoms with Crippen molar-refractivity contribution >= 4 is 21.7 Å². The van der Waals surface area contributed by atoms with Crippen molar-refractivity contribution < 1.29 is 23.1 Å². The average molecular weight is 251 g/mol. The van der Waals surface area contributed by atoms with Gasteiger partial charge in [0.15, 0.2) is 15.1 Å². The zero-order chi connectivity index (χ0) is 13.1. The summed E-state index contributed by atoms with van der Waals surface area (Å²) in [6.45, 7) is 4.17. The van der Waals surface area contributed by atoms with Gasteiger partial charge in [-0.2, -0.15) is 0 Å². The Balaban J connectivity index is 5.32. The molecule has 0 radical (unpaired) electrons. The Kier molecular flexibility index (Phi) is 4.92. The maximum absolute atomic E-state index is 11.9. The van der Waals surface area contributed by atoms with E-state index in [0.717, 1.165) is 0 Å². The first-order chi connectivity index (χ1) is 7.16. The predicted molar refractivity (Wildman–Crippen MR) is 58.7 cm³/mol. The molecule has 1 amide bonds. The lowest BCUT2D eigenvalue weighted by Crippen LogP contribution is -2.45. The largest absolute Gasteiger partial charge is 0.480 e. The number of sulfone groups is 1. The van der Waals surface area contributed by atoms with Crippen LogP contribution in [0.15, 0.2) is 0 Å². The monoisotopic (exact) mass is 251 g/mol. The molecule has 0 aromatic heterocycles. The van der Waals surface area contributed by atoms with Crippen LogP contribution >= 0.6 is 0 Å². The smallest absolute Gasteiger partial charge is 0.322 e. The third-order valence-electron chi connectivity index (χ3n) is 2.31. The van der Waals surface area contributed by atoms with Crippen LogP contribution in [0.2, 0.25) is 0 Å². The summed E-state index contributed by atoms with van der Waals surface area (Å²) in [6, 6.07) is 0. The van der Waals surface area contributed by atoms with E-state index in [2.05, 4.69) is 5.32 Å². The lowest BCUT2D eigenvalue weighted by Gasteiger charge is -2.20. The highest BCUT2D eigenvalue weighted by Gasteiger charge is 2.41. The van der Waals surface area contributed by atoms with E-state index in [1.165, 1.54) is 27.8 Å². The summed E-state index contributed by atoms with van der Waals surface area (Å²) in [5.74, 6) is -2.72. The Morgan fingerprint density at radius 3 is 1.88 bits per heavy atom. The van der Waals surface area contributed by atoms with Gasteiger partial charge in [-0.05, 0) is 12.8 Å². The minimum Gasteiger partial charge on any atom is -0.480 e. The van der Waals surface area contributed by atoms with Gasteiger partial charge < -0.3 is 10.4 Å². The quantitative estimate of drug-likeness (QED) is 0.695. The van der Waals surface area contributed by atoms with Gasteiger partial charge in [-0.25, -0.2) is 8.42 Å². The molecule has 0 aliphatic rings. The Labute approximate surface area is 95.0 Å².